The fourth-order valence-electron chi connectivity index (χ4n) is 1.28. The number of nitrogens with zero attached hydrogens (tertiary/aromatic N) is 3. The Kier molecular flexibility index (Phi) is 3.96. The molecule has 0 radical (unpaired) electrons. The minimum Gasteiger partial charge on any atom is -0.414 e. The van der Waals surface area contributed by atoms with E-state index in [9.17, 15) is 8.78 Å². The van der Waals surface area contributed by atoms with Crippen LogP contribution in [0.25, 0.3) is 11.4 Å². The second kappa shape index (κ2) is 5.50. The number of rotatable bonds is 3. The van der Waals surface area contributed by atoms with E-state index in [1.54, 1.807) is 12.1 Å². The first-order valence-electron chi connectivity index (χ1n) is 4.87. The van der Waals surface area contributed by atoms with Gasteiger partial charge in [-0.15, -0.1) is 0 Å². The molecule has 0 spiro atoms. The molecule has 0 saturated heterocycles. The zero-order chi connectivity index (χ0) is 14.0. The smallest absolute Gasteiger partial charge is 0.388 e. The van der Waals surface area contributed by atoms with Crippen molar-refractivity contribution in [1.82, 2.24) is 15.0 Å². The zero-order valence-electron chi connectivity index (χ0n) is 9.15. The van der Waals surface area contributed by atoms with E-state index in [0.29, 0.717) is 10.7 Å². The van der Waals surface area contributed by atoms with E-state index < -0.39 is 12.5 Å². The van der Waals surface area contributed by atoms with Crippen molar-refractivity contribution in [1.29, 1.82) is 0 Å². The largest absolute Gasteiger partial charge is 0.414 e. The summed E-state index contributed by atoms with van der Waals surface area (Å²) < 4.78 is 28.2. The van der Waals surface area contributed by atoms with Crippen molar-refractivity contribution in [3.63, 3.8) is 0 Å². The third kappa shape index (κ3) is 3.18. The van der Waals surface area contributed by atoms with Gasteiger partial charge in [0.2, 0.25) is 0 Å². The number of alkyl halides is 2. The second-order valence-electron chi connectivity index (χ2n) is 3.29. The monoisotopic (exact) mass is 306 g/mol. The van der Waals surface area contributed by atoms with E-state index in [-0.39, 0.29) is 16.7 Å². The van der Waals surface area contributed by atoms with Gasteiger partial charge in [-0.25, -0.2) is 4.98 Å². The molecule has 100 valence electrons. The summed E-state index contributed by atoms with van der Waals surface area (Å²) in [4.78, 5) is 11.4. The molecule has 0 bridgehead atoms. The van der Waals surface area contributed by atoms with Gasteiger partial charge in [0.15, 0.2) is 11.0 Å². The first kappa shape index (κ1) is 13.7. The summed E-state index contributed by atoms with van der Waals surface area (Å²) in [6.07, 6.45) is 1.38. The highest BCUT2D eigenvalue weighted by atomic mass is 35.5. The molecule has 9 heteroatoms. The maximum Gasteiger partial charge on any atom is 0.388 e. The lowest BCUT2D eigenvalue weighted by Crippen LogP contribution is -2.08. The van der Waals surface area contributed by atoms with Gasteiger partial charge >= 0.3 is 6.61 Å². The molecule has 0 atom stereocenters. The maximum atomic E-state index is 12.1. The number of hydrogen-bond donors (Lipinski definition) is 1. The molecule has 2 N–H and O–H groups in total. The average Bonchev–Trinajstić information content (AvgIpc) is 2.34. The van der Waals surface area contributed by atoms with Crippen LogP contribution in [0.5, 0.6) is 5.88 Å². The van der Waals surface area contributed by atoms with Crippen LogP contribution < -0.4 is 10.5 Å². The third-order valence-corrected chi connectivity index (χ3v) is 2.49. The minimum atomic E-state index is -3.06. The van der Waals surface area contributed by atoms with E-state index in [2.05, 4.69) is 19.7 Å². The molecule has 19 heavy (non-hydrogen) atoms. The molecule has 0 aliphatic heterocycles. The first-order valence-corrected chi connectivity index (χ1v) is 5.62. The van der Waals surface area contributed by atoms with Crippen molar-refractivity contribution in [2.24, 2.45) is 0 Å². The van der Waals surface area contributed by atoms with Crippen LogP contribution in [0.15, 0.2) is 18.3 Å². The number of ether oxygens (including phenoxy) is 1. The summed E-state index contributed by atoms with van der Waals surface area (Å²) in [5.74, 6) is -0.665. The summed E-state index contributed by atoms with van der Waals surface area (Å²) in [6, 6.07) is 3.12. The molecule has 2 aromatic heterocycles. The molecule has 0 aliphatic carbocycles. The van der Waals surface area contributed by atoms with E-state index >= 15 is 0 Å². The molecule has 0 saturated carbocycles. The van der Waals surface area contributed by atoms with Gasteiger partial charge in [0.05, 0.1) is 10.7 Å². The lowest BCUT2D eigenvalue weighted by molar-refractivity contribution is -0.0529. The lowest BCUT2D eigenvalue weighted by Gasteiger charge is -2.08. The molecule has 0 amide bonds. The number of nitrogen functional groups attached to an aromatic ring is 1. The van der Waals surface area contributed by atoms with Crippen LogP contribution in [0.4, 0.5) is 14.6 Å². The Hall–Kier alpha value is -1.73. The summed E-state index contributed by atoms with van der Waals surface area (Å²) in [5.41, 5.74) is 6.12. The Bertz CT molecular complexity index is 595. The summed E-state index contributed by atoms with van der Waals surface area (Å²) in [6.45, 7) is -3.06. The van der Waals surface area contributed by atoms with Crippen LogP contribution in [-0.2, 0) is 0 Å². The number of aromatic nitrogens is 3. The highest BCUT2D eigenvalue weighted by Gasteiger charge is 2.16. The number of pyridine rings is 1. The summed E-state index contributed by atoms with van der Waals surface area (Å²) in [7, 11) is 0. The van der Waals surface area contributed by atoms with Gasteiger partial charge < -0.3 is 10.5 Å². The standard InChI is InChI=1S/C10H6Cl2F2N4O/c11-4-1-2-5(16-3-4)6-8(15)18-9(7(12)17-6)19-10(13)14/h1-3,10H,(H2,15,18). The van der Waals surface area contributed by atoms with E-state index in [1.807, 2.05) is 0 Å². The van der Waals surface area contributed by atoms with E-state index in [1.165, 1.54) is 6.20 Å². The normalized spacial score (nSPS) is 10.8. The molecule has 0 fully saturated rings. The number of nitrogens with two attached hydrogens (primary N) is 1. The molecule has 2 aromatic rings. The van der Waals surface area contributed by atoms with Gasteiger partial charge in [0, 0.05) is 6.20 Å². The van der Waals surface area contributed by atoms with Crippen LogP contribution in [-0.4, -0.2) is 21.6 Å². The average molecular weight is 307 g/mol. The van der Waals surface area contributed by atoms with Gasteiger partial charge in [-0.3, -0.25) is 4.98 Å². The van der Waals surface area contributed by atoms with Gasteiger partial charge in [0.25, 0.3) is 5.88 Å². The first-order chi connectivity index (χ1) is 8.97. The van der Waals surface area contributed by atoms with Gasteiger partial charge in [-0.05, 0) is 12.1 Å². The Labute approximate surface area is 116 Å². The highest BCUT2D eigenvalue weighted by Crippen LogP contribution is 2.29. The van der Waals surface area contributed by atoms with Crippen LogP contribution in [0.2, 0.25) is 10.2 Å². The molecule has 0 aromatic carbocycles. The Morgan fingerprint density at radius 2 is 1.95 bits per heavy atom. The van der Waals surface area contributed by atoms with E-state index in [0.717, 1.165) is 0 Å². The van der Waals surface area contributed by atoms with E-state index in [4.69, 9.17) is 28.9 Å². The van der Waals surface area contributed by atoms with Crippen LogP contribution >= 0.6 is 23.2 Å². The lowest BCUT2D eigenvalue weighted by atomic mass is 10.2. The minimum absolute atomic E-state index is 0.130. The number of hydrogen-bond acceptors (Lipinski definition) is 5. The number of anilines is 1. The van der Waals surface area contributed by atoms with Gasteiger partial charge in [-0.1, -0.05) is 23.2 Å². The Balaban J connectivity index is 2.43. The van der Waals surface area contributed by atoms with Crippen molar-refractivity contribution in [2.75, 3.05) is 5.73 Å². The summed E-state index contributed by atoms with van der Waals surface area (Å²) in [5, 5.41) is 0.0975. The van der Waals surface area contributed by atoms with Crippen molar-refractivity contribution < 1.29 is 13.5 Å². The van der Waals surface area contributed by atoms with Crippen LogP contribution in [0.1, 0.15) is 0 Å². The molecule has 2 rings (SSSR count). The van der Waals surface area contributed by atoms with Crippen molar-refractivity contribution in [3.05, 3.63) is 28.5 Å². The molecule has 0 unspecified atom stereocenters. The summed E-state index contributed by atoms with van der Waals surface area (Å²) >= 11 is 11.4. The second-order valence-corrected chi connectivity index (χ2v) is 4.09. The van der Waals surface area contributed by atoms with Crippen LogP contribution in [0, 0.1) is 0 Å². The topological polar surface area (TPSA) is 73.9 Å². The quantitative estimate of drug-likeness (QED) is 0.943. The molecular weight excluding hydrogens is 301 g/mol. The predicted octanol–water partition coefficient (Wildman–Crippen LogP) is 3.03. The van der Waals surface area contributed by atoms with Gasteiger partial charge in [0.1, 0.15) is 5.69 Å². The Morgan fingerprint density at radius 1 is 1.21 bits per heavy atom. The Morgan fingerprint density at radius 3 is 2.53 bits per heavy atom. The van der Waals surface area contributed by atoms with Crippen molar-refractivity contribution in [2.45, 2.75) is 6.61 Å². The number of halogens is 4. The maximum absolute atomic E-state index is 12.1. The zero-order valence-corrected chi connectivity index (χ0v) is 10.7. The van der Waals surface area contributed by atoms with Crippen molar-refractivity contribution in [3.8, 4) is 17.3 Å². The molecular formula is C10H6Cl2F2N4O. The SMILES string of the molecule is Nc1nc(OC(F)F)c(Cl)nc1-c1ccc(Cl)cn1. The van der Waals surface area contributed by atoms with Gasteiger partial charge in [-0.2, -0.15) is 13.8 Å². The fraction of sp³-hybridized carbons (Fsp3) is 0.100. The van der Waals surface area contributed by atoms with Crippen LogP contribution in [0.3, 0.4) is 0 Å². The molecule has 2 heterocycles. The molecule has 0 aliphatic rings. The fourth-order valence-corrected chi connectivity index (χ4v) is 1.56. The third-order valence-electron chi connectivity index (χ3n) is 2.02. The molecule has 5 nitrogen and oxygen atoms in total. The predicted molar refractivity (Wildman–Crippen MR) is 66.3 cm³/mol. The highest BCUT2D eigenvalue weighted by molar-refractivity contribution is 6.31. The van der Waals surface area contributed by atoms with Crippen molar-refractivity contribution >= 4 is 29.0 Å².